The maximum absolute atomic E-state index is 13.0. The minimum atomic E-state index is -0.284. The molecule has 6 nitrogen and oxygen atoms in total. The number of anilines is 1. The van der Waals surface area contributed by atoms with Crippen LogP contribution < -0.4 is 10.1 Å². The SMILES string of the molecule is CCN(CC)CCn1cc(NC(=O)c2cccc(OCc3ccc(F)cc3)c2)cn1. The first kappa shape index (κ1) is 21.5. The second-order valence-electron chi connectivity index (χ2n) is 6.92. The molecule has 2 aromatic carbocycles. The van der Waals surface area contributed by atoms with Gasteiger partial charge in [-0.15, -0.1) is 0 Å². The normalized spacial score (nSPS) is 10.9. The van der Waals surface area contributed by atoms with E-state index in [1.54, 1.807) is 42.6 Å². The average Bonchev–Trinajstić information content (AvgIpc) is 3.21. The van der Waals surface area contributed by atoms with Crippen molar-refractivity contribution in [1.82, 2.24) is 14.7 Å². The van der Waals surface area contributed by atoms with E-state index in [1.807, 2.05) is 10.9 Å². The molecule has 0 unspecified atom stereocenters. The van der Waals surface area contributed by atoms with Gasteiger partial charge in [0.1, 0.15) is 18.2 Å². The fourth-order valence-electron chi connectivity index (χ4n) is 3.01. The predicted octanol–water partition coefficient (Wildman–Crippen LogP) is 4.20. The Morgan fingerprint density at radius 1 is 1.17 bits per heavy atom. The van der Waals surface area contributed by atoms with Crippen molar-refractivity contribution in [2.45, 2.75) is 27.0 Å². The zero-order valence-electron chi connectivity index (χ0n) is 17.3. The van der Waals surface area contributed by atoms with Crippen molar-refractivity contribution >= 4 is 11.6 Å². The van der Waals surface area contributed by atoms with Crippen LogP contribution >= 0.6 is 0 Å². The van der Waals surface area contributed by atoms with Gasteiger partial charge in [0.25, 0.3) is 5.91 Å². The maximum atomic E-state index is 13.0. The standard InChI is InChI=1S/C23H27FN4O2/c1-3-27(4-2)12-13-28-16-21(15-25-28)26-23(29)19-6-5-7-22(14-19)30-17-18-8-10-20(24)11-9-18/h5-11,14-16H,3-4,12-13,17H2,1-2H3,(H,26,29). The molecule has 0 bridgehead atoms. The number of hydrogen-bond donors (Lipinski definition) is 1. The first-order valence-corrected chi connectivity index (χ1v) is 10.1. The Labute approximate surface area is 176 Å². The van der Waals surface area contributed by atoms with E-state index in [1.165, 1.54) is 12.1 Å². The number of likely N-dealkylation sites (N-methyl/N-ethyl adjacent to an activating group) is 1. The summed E-state index contributed by atoms with van der Waals surface area (Å²) in [4.78, 5) is 14.9. The highest BCUT2D eigenvalue weighted by Crippen LogP contribution is 2.17. The van der Waals surface area contributed by atoms with Gasteiger partial charge in [-0.05, 0) is 49.0 Å². The van der Waals surface area contributed by atoms with E-state index >= 15 is 0 Å². The van der Waals surface area contributed by atoms with E-state index in [4.69, 9.17) is 4.74 Å². The molecule has 0 spiro atoms. The molecule has 3 rings (SSSR count). The summed E-state index contributed by atoms with van der Waals surface area (Å²) in [6.45, 7) is 8.25. The summed E-state index contributed by atoms with van der Waals surface area (Å²) in [6.07, 6.45) is 3.48. The Morgan fingerprint density at radius 3 is 2.67 bits per heavy atom. The van der Waals surface area contributed by atoms with Crippen LogP contribution in [0.3, 0.4) is 0 Å². The lowest BCUT2D eigenvalue weighted by Gasteiger charge is -2.17. The summed E-state index contributed by atoms with van der Waals surface area (Å²) in [5.41, 5.74) is 1.99. The molecule has 1 heterocycles. The second kappa shape index (κ2) is 10.5. The van der Waals surface area contributed by atoms with E-state index in [9.17, 15) is 9.18 Å². The van der Waals surface area contributed by atoms with Crippen LogP contribution in [0.25, 0.3) is 0 Å². The number of amides is 1. The van der Waals surface area contributed by atoms with Crippen molar-refractivity contribution in [3.63, 3.8) is 0 Å². The first-order chi connectivity index (χ1) is 14.6. The highest BCUT2D eigenvalue weighted by molar-refractivity contribution is 6.04. The van der Waals surface area contributed by atoms with Gasteiger partial charge in [0.05, 0.1) is 18.4 Å². The molecule has 7 heteroatoms. The number of halogens is 1. The molecule has 0 saturated carbocycles. The molecule has 0 aliphatic heterocycles. The smallest absolute Gasteiger partial charge is 0.255 e. The van der Waals surface area contributed by atoms with Crippen molar-refractivity contribution in [3.05, 3.63) is 77.9 Å². The quantitative estimate of drug-likeness (QED) is 0.544. The number of hydrogen-bond acceptors (Lipinski definition) is 4. The van der Waals surface area contributed by atoms with Crippen molar-refractivity contribution in [1.29, 1.82) is 0 Å². The number of nitrogens with one attached hydrogen (secondary N) is 1. The minimum absolute atomic E-state index is 0.231. The van der Waals surface area contributed by atoms with Crippen LogP contribution in [0, 0.1) is 5.82 Å². The first-order valence-electron chi connectivity index (χ1n) is 10.1. The number of nitrogens with zero attached hydrogens (tertiary/aromatic N) is 3. The molecule has 0 radical (unpaired) electrons. The van der Waals surface area contributed by atoms with Crippen molar-refractivity contribution in [2.75, 3.05) is 25.0 Å². The Hall–Kier alpha value is -3.19. The summed E-state index contributed by atoms with van der Waals surface area (Å²) in [5.74, 6) is 0.0567. The summed E-state index contributed by atoms with van der Waals surface area (Å²) in [5, 5.41) is 7.18. The lowest BCUT2D eigenvalue weighted by molar-refractivity contribution is 0.102. The van der Waals surface area contributed by atoms with Crippen LogP contribution in [0.2, 0.25) is 0 Å². The molecule has 0 saturated heterocycles. The molecule has 0 fully saturated rings. The number of carbonyl (C=O) groups is 1. The molecular weight excluding hydrogens is 383 g/mol. The van der Waals surface area contributed by atoms with E-state index in [-0.39, 0.29) is 11.7 Å². The van der Waals surface area contributed by atoms with E-state index < -0.39 is 0 Å². The fourth-order valence-corrected chi connectivity index (χ4v) is 3.01. The van der Waals surface area contributed by atoms with Gasteiger partial charge in [0.2, 0.25) is 0 Å². The van der Waals surface area contributed by atoms with Gasteiger partial charge < -0.3 is 15.0 Å². The highest BCUT2D eigenvalue weighted by atomic mass is 19.1. The predicted molar refractivity (Wildman–Crippen MR) is 115 cm³/mol. The third-order valence-electron chi connectivity index (χ3n) is 4.85. The maximum Gasteiger partial charge on any atom is 0.255 e. The number of benzene rings is 2. The van der Waals surface area contributed by atoms with Gasteiger partial charge in [-0.3, -0.25) is 9.48 Å². The summed E-state index contributed by atoms with van der Waals surface area (Å²) in [6, 6.07) is 13.1. The zero-order valence-corrected chi connectivity index (χ0v) is 17.3. The molecule has 158 valence electrons. The lowest BCUT2D eigenvalue weighted by atomic mass is 10.2. The van der Waals surface area contributed by atoms with Gasteiger partial charge >= 0.3 is 0 Å². The number of aromatic nitrogens is 2. The van der Waals surface area contributed by atoms with Gasteiger partial charge in [-0.25, -0.2) is 4.39 Å². The van der Waals surface area contributed by atoms with E-state index in [2.05, 4.69) is 29.2 Å². The average molecular weight is 410 g/mol. The molecule has 1 amide bonds. The topological polar surface area (TPSA) is 59.4 Å². The Balaban J connectivity index is 1.55. The second-order valence-corrected chi connectivity index (χ2v) is 6.92. The summed E-state index contributed by atoms with van der Waals surface area (Å²) < 4.78 is 20.5. The molecule has 0 aliphatic rings. The van der Waals surface area contributed by atoms with Crippen molar-refractivity contribution in [3.8, 4) is 5.75 Å². The molecule has 3 aromatic rings. The van der Waals surface area contributed by atoms with Gasteiger partial charge in [-0.2, -0.15) is 5.10 Å². The van der Waals surface area contributed by atoms with Crippen LogP contribution in [0.15, 0.2) is 60.9 Å². The number of ether oxygens (including phenoxy) is 1. The lowest BCUT2D eigenvalue weighted by Crippen LogP contribution is -2.27. The molecule has 1 aromatic heterocycles. The molecule has 0 atom stereocenters. The molecule has 1 N–H and O–H groups in total. The Bertz CT molecular complexity index is 952. The van der Waals surface area contributed by atoms with Crippen LogP contribution in [0.5, 0.6) is 5.75 Å². The van der Waals surface area contributed by atoms with Crippen LogP contribution in [-0.4, -0.2) is 40.2 Å². The minimum Gasteiger partial charge on any atom is -0.489 e. The summed E-state index contributed by atoms with van der Waals surface area (Å²) >= 11 is 0. The van der Waals surface area contributed by atoms with E-state index in [0.717, 1.165) is 31.7 Å². The third-order valence-corrected chi connectivity index (χ3v) is 4.85. The van der Waals surface area contributed by atoms with Gasteiger partial charge in [0.15, 0.2) is 0 Å². The zero-order chi connectivity index (χ0) is 21.3. The van der Waals surface area contributed by atoms with Gasteiger partial charge in [-0.1, -0.05) is 32.0 Å². The fraction of sp³-hybridized carbons (Fsp3) is 0.304. The summed E-state index contributed by atoms with van der Waals surface area (Å²) in [7, 11) is 0. The van der Waals surface area contributed by atoms with Crippen molar-refractivity contribution in [2.24, 2.45) is 0 Å². The Morgan fingerprint density at radius 2 is 1.93 bits per heavy atom. The van der Waals surface area contributed by atoms with E-state index in [0.29, 0.717) is 23.6 Å². The number of rotatable bonds is 10. The highest BCUT2D eigenvalue weighted by Gasteiger charge is 2.09. The monoisotopic (exact) mass is 410 g/mol. The Kier molecular flexibility index (Phi) is 7.57. The molecule has 30 heavy (non-hydrogen) atoms. The molecular formula is C23H27FN4O2. The van der Waals surface area contributed by atoms with Crippen LogP contribution in [0.1, 0.15) is 29.8 Å². The largest absolute Gasteiger partial charge is 0.489 e. The molecule has 0 aliphatic carbocycles. The number of carbonyl (C=O) groups excluding carboxylic acids is 1. The van der Waals surface area contributed by atoms with Crippen molar-refractivity contribution < 1.29 is 13.9 Å². The van der Waals surface area contributed by atoms with Crippen LogP contribution in [-0.2, 0) is 13.2 Å². The van der Waals surface area contributed by atoms with Gasteiger partial charge in [0, 0.05) is 18.3 Å². The van der Waals surface area contributed by atoms with Crippen LogP contribution in [0.4, 0.5) is 10.1 Å². The third kappa shape index (κ3) is 6.15.